The standard InChI is InChI=1S/C10H17N3O2S/c1-13(4-5-14)10(15)6-8-7-16-9(12-8)2-3-11/h7,14H,2-6,11H2,1H3. The molecule has 5 nitrogen and oxygen atoms in total. The van der Waals surface area contributed by atoms with Gasteiger partial charge < -0.3 is 15.7 Å². The molecule has 0 aromatic carbocycles. The molecule has 0 saturated carbocycles. The summed E-state index contributed by atoms with van der Waals surface area (Å²) in [4.78, 5) is 17.4. The number of nitrogens with zero attached hydrogens (tertiary/aromatic N) is 2. The van der Waals surface area contributed by atoms with Crippen molar-refractivity contribution in [2.45, 2.75) is 12.8 Å². The lowest BCUT2D eigenvalue weighted by Gasteiger charge is -2.14. The normalized spacial score (nSPS) is 10.4. The zero-order valence-electron chi connectivity index (χ0n) is 9.35. The zero-order chi connectivity index (χ0) is 12.0. The first-order valence-electron chi connectivity index (χ1n) is 5.15. The predicted molar refractivity (Wildman–Crippen MR) is 63.3 cm³/mol. The van der Waals surface area contributed by atoms with Gasteiger partial charge in [0, 0.05) is 25.4 Å². The first-order valence-corrected chi connectivity index (χ1v) is 6.03. The Morgan fingerprint density at radius 1 is 1.69 bits per heavy atom. The molecule has 0 bridgehead atoms. The lowest BCUT2D eigenvalue weighted by molar-refractivity contribution is -0.129. The quantitative estimate of drug-likeness (QED) is 0.715. The number of amides is 1. The third kappa shape index (κ3) is 3.88. The van der Waals surface area contributed by atoms with E-state index in [1.165, 1.54) is 16.2 Å². The van der Waals surface area contributed by atoms with E-state index in [0.717, 1.165) is 17.1 Å². The minimum Gasteiger partial charge on any atom is -0.395 e. The van der Waals surface area contributed by atoms with Crippen LogP contribution in [-0.2, 0) is 17.6 Å². The van der Waals surface area contributed by atoms with Crippen molar-refractivity contribution >= 4 is 17.2 Å². The highest BCUT2D eigenvalue weighted by molar-refractivity contribution is 7.09. The number of aromatic nitrogens is 1. The highest BCUT2D eigenvalue weighted by Crippen LogP contribution is 2.11. The molecule has 3 N–H and O–H groups in total. The van der Waals surface area contributed by atoms with Gasteiger partial charge in [-0.15, -0.1) is 11.3 Å². The van der Waals surface area contributed by atoms with Gasteiger partial charge in [0.05, 0.1) is 23.7 Å². The van der Waals surface area contributed by atoms with Gasteiger partial charge in [0.1, 0.15) is 0 Å². The maximum atomic E-state index is 11.6. The molecule has 0 atom stereocenters. The minimum absolute atomic E-state index is 0.0161. The van der Waals surface area contributed by atoms with Crippen LogP contribution in [0, 0.1) is 0 Å². The molecule has 0 aliphatic carbocycles. The highest BCUT2D eigenvalue weighted by Gasteiger charge is 2.11. The third-order valence-corrected chi connectivity index (χ3v) is 3.11. The smallest absolute Gasteiger partial charge is 0.228 e. The summed E-state index contributed by atoms with van der Waals surface area (Å²) >= 11 is 1.53. The number of hydrogen-bond donors (Lipinski definition) is 2. The van der Waals surface area contributed by atoms with Crippen molar-refractivity contribution in [1.29, 1.82) is 0 Å². The average Bonchev–Trinajstić information content (AvgIpc) is 2.66. The molecular weight excluding hydrogens is 226 g/mol. The average molecular weight is 243 g/mol. The molecular formula is C10H17N3O2S. The Kier molecular flexibility index (Phi) is 5.37. The van der Waals surface area contributed by atoms with Crippen LogP contribution in [0.5, 0.6) is 0 Å². The number of aliphatic hydroxyl groups is 1. The Balaban J connectivity index is 2.49. The van der Waals surface area contributed by atoms with E-state index in [1.807, 2.05) is 5.38 Å². The van der Waals surface area contributed by atoms with E-state index >= 15 is 0 Å². The number of thiazole rings is 1. The molecule has 90 valence electrons. The summed E-state index contributed by atoms with van der Waals surface area (Å²) in [5, 5.41) is 11.6. The van der Waals surface area contributed by atoms with Crippen molar-refractivity contribution in [2.75, 3.05) is 26.7 Å². The Morgan fingerprint density at radius 2 is 2.44 bits per heavy atom. The van der Waals surface area contributed by atoms with Gasteiger partial charge in [0.2, 0.25) is 5.91 Å². The fourth-order valence-electron chi connectivity index (χ4n) is 1.23. The van der Waals surface area contributed by atoms with E-state index in [9.17, 15) is 4.79 Å². The second-order valence-corrected chi connectivity index (χ2v) is 4.43. The summed E-state index contributed by atoms with van der Waals surface area (Å²) in [7, 11) is 1.67. The van der Waals surface area contributed by atoms with Crippen LogP contribution in [-0.4, -0.2) is 47.6 Å². The van der Waals surface area contributed by atoms with E-state index in [-0.39, 0.29) is 18.9 Å². The van der Waals surface area contributed by atoms with Crippen LogP contribution in [0.25, 0.3) is 0 Å². The van der Waals surface area contributed by atoms with Gasteiger partial charge in [-0.3, -0.25) is 4.79 Å². The Labute approximate surface area is 98.9 Å². The van der Waals surface area contributed by atoms with Crippen molar-refractivity contribution in [2.24, 2.45) is 5.73 Å². The molecule has 0 fully saturated rings. The number of carbonyl (C=O) groups is 1. The number of nitrogens with two attached hydrogens (primary N) is 1. The van der Waals surface area contributed by atoms with E-state index in [0.29, 0.717) is 13.1 Å². The molecule has 1 rings (SSSR count). The molecule has 0 spiro atoms. The molecule has 0 aliphatic heterocycles. The summed E-state index contributed by atoms with van der Waals surface area (Å²) < 4.78 is 0. The molecule has 1 amide bonds. The maximum absolute atomic E-state index is 11.6. The van der Waals surface area contributed by atoms with Crippen LogP contribution in [0.1, 0.15) is 10.7 Å². The second kappa shape index (κ2) is 6.57. The molecule has 6 heteroatoms. The first-order chi connectivity index (χ1) is 7.67. The largest absolute Gasteiger partial charge is 0.395 e. The lowest BCUT2D eigenvalue weighted by Crippen LogP contribution is -2.30. The molecule has 0 radical (unpaired) electrons. The van der Waals surface area contributed by atoms with Gasteiger partial charge >= 0.3 is 0 Å². The predicted octanol–water partition coefficient (Wildman–Crippen LogP) is -0.363. The molecule has 1 aromatic rings. The maximum Gasteiger partial charge on any atom is 0.228 e. The van der Waals surface area contributed by atoms with Crippen LogP contribution in [0.3, 0.4) is 0 Å². The van der Waals surface area contributed by atoms with Crippen molar-refractivity contribution in [1.82, 2.24) is 9.88 Å². The molecule has 1 aromatic heterocycles. The number of likely N-dealkylation sites (N-methyl/N-ethyl adjacent to an activating group) is 1. The SMILES string of the molecule is CN(CCO)C(=O)Cc1csc(CCN)n1. The van der Waals surface area contributed by atoms with Gasteiger partial charge in [0.15, 0.2) is 0 Å². The van der Waals surface area contributed by atoms with E-state index in [2.05, 4.69) is 4.98 Å². The van der Waals surface area contributed by atoms with Crippen LogP contribution in [0.15, 0.2) is 5.38 Å². The van der Waals surface area contributed by atoms with Gasteiger partial charge in [-0.25, -0.2) is 4.98 Å². The molecule has 0 saturated heterocycles. The monoisotopic (exact) mass is 243 g/mol. The molecule has 1 heterocycles. The lowest BCUT2D eigenvalue weighted by atomic mass is 10.3. The number of aliphatic hydroxyl groups excluding tert-OH is 1. The zero-order valence-corrected chi connectivity index (χ0v) is 10.2. The topological polar surface area (TPSA) is 79.5 Å². The first kappa shape index (κ1) is 13.1. The van der Waals surface area contributed by atoms with Gasteiger partial charge in [-0.1, -0.05) is 0 Å². The highest BCUT2D eigenvalue weighted by atomic mass is 32.1. The fourth-order valence-corrected chi connectivity index (χ4v) is 2.05. The van der Waals surface area contributed by atoms with Crippen LogP contribution in [0.2, 0.25) is 0 Å². The van der Waals surface area contributed by atoms with Crippen molar-refractivity contribution in [3.05, 3.63) is 16.1 Å². The minimum atomic E-state index is -0.0290. The molecule has 16 heavy (non-hydrogen) atoms. The summed E-state index contributed by atoms with van der Waals surface area (Å²) in [6.45, 7) is 0.918. The summed E-state index contributed by atoms with van der Waals surface area (Å²) in [5.74, 6) is -0.0290. The van der Waals surface area contributed by atoms with Crippen molar-refractivity contribution in [3.8, 4) is 0 Å². The van der Waals surface area contributed by atoms with Gasteiger partial charge in [-0.2, -0.15) is 0 Å². The second-order valence-electron chi connectivity index (χ2n) is 3.49. The summed E-state index contributed by atoms with van der Waals surface area (Å²) in [6, 6.07) is 0. The Morgan fingerprint density at radius 3 is 3.06 bits per heavy atom. The van der Waals surface area contributed by atoms with Crippen LogP contribution < -0.4 is 5.73 Å². The summed E-state index contributed by atoms with van der Waals surface area (Å²) in [5.41, 5.74) is 6.20. The van der Waals surface area contributed by atoms with E-state index in [1.54, 1.807) is 7.05 Å². The fraction of sp³-hybridized carbons (Fsp3) is 0.600. The van der Waals surface area contributed by atoms with Gasteiger partial charge in [0.25, 0.3) is 0 Å². The number of carbonyl (C=O) groups excluding carboxylic acids is 1. The Hall–Kier alpha value is -0.980. The van der Waals surface area contributed by atoms with Crippen molar-refractivity contribution < 1.29 is 9.90 Å². The summed E-state index contributed by atoms with van der Waals surface area (Å²) in [6.07, 6.45) is 1.04. The van der Waals surface area contributed by atoms with Crippen molar-refractivity contribution in [3.63, 3.8) is 0 Å². The van der Waals surface area contributed by atoms with E-state index < -0.39 is 0 Å². The number of rotatable bonds is 6. The van der Waals surface area contributed by atoms with Gasteiger partial charge in [-0.05, 0) is 6.54 Å². The molecule has 0 aliphatic rings. The number of hydrogen-bond acceptors (Lipinski definition) is 5. The molecule has 0 unspecified atom stereocenters. The third-order valence-electron chi connectivity index (χ3n) is 2.15. The van der Waals surface area contributed by atoms with E-state index in [4.69, 9.17) is 10.8 Å². The Bertz CT molecular complexity index is 341. The van der Waals surface area contributed by atoms with Crippen LogP contribution >= 0.6 is 11.3 Å². The van der Waals surface area contributed by atoms with Crippen LogP contribution in [0.4, 0.5) is 0 Å².